The first-order valence-corrected chi connectivity index (χ1v) is 14.5. The molecule has 0 saturated carbocycles. The van der Waals surface area contributed by atoms with E-state index in [0.717, 1.165) is 38.9 Å². The van der Waals surface area contributed by atoms with E-state index in [0.29, 0.717) is 5.56 Å². The number of carbonyl (C=O) groups excluding carboxylic acids is 1. The van der Waals surface area contributed by atoms with E-state index in [9.17, 15) is 4.79 Å². The summed E-state index contributed by atoms with van der Waals surface area (Å²) >= 11 is 3.38. The van der Waals surface area contributed by atoms with Crippen molar-refractivity contribution in [1.29, 1.82) is 0 Å². The topological polar surface area (TPSA) is 39.2 Å². The van der Waals surface area contributed by atoms with Gasteiger partial charge >= 0.3 is 0 Å². The lowest BCUT2D eigenvalue weighted by Gasteiger charge is -2.20. The lowest BCUT2D eigenvalue weighted by atomic mass is 9.90. The minimum Gasteiger partial charge on any atom is -0.480 e. The van der Waals surface area contributed by atoms with E-state index < -0.39 is 6.10 Å². The number of carbonyl (C=O) groups is 1. The van der Waals surface area contributed by atoms with Crippen LogP contribution < -0.4 is 0 Å². The first-order chi connectivity index (χ1) is 17.7. The van der Waals surface area contributed by atoms with Gasteiger partial charge in [0.15, 0.2) is 10.4 Å². The van der Waals surface area contributed by atoms with Crippen LogP contribution in [-0.4, -0.2) is 16.9 Å². The highest BCUT2D eigenvalue weighted by molar-refractivity contribution is 8.05. The van der Waals surface area contributed by atoms with Crippen LogP contribution in [0.25, 0.3) is 16.0 Å². The molecule has 0 fully saturated rings. The molecule has 1 aliphatic heterocycles. The van der Waals surface area contributed by atoms with Crippen LogP contribution in [0.2, 0.25) is 0 Å². The molecule has 0 saturated heterocycles. The summed E-state index contributed by atoms with van der Waals surface area (Å²) in [5, 5.41) is 0. The average molecular weight is 514 g/mol. The van der Waals surface area contributed by atoms with Crippen molar-refractivity contribution in [2.75, 3.05) is 0 Å². The molecule has 0 N–H and O–H groups in total. The summed E-state index contributed by atoms with van der Waals surface area (Å²) in [5.74, 6) is 0.890. The molecular formula is C31H31NO2S2. The van der Waals surface area contributed by atoms with Crippen molar-refractivity contribution in [3.63, 3.8) is 0 Å². The first kappa shape index (κ1) is 24.8. The van der Waals surface area contributed by atoms with Gasteiger partial charge in [-0.3, -0.25) is 4.79 Å². The number of thiazole rings is 1. The van der Waals surface area contributed by atoms with E-state index >= 15 is 0 Å². The van der Waals surface area contributed by atoms with Crippen LogP contribution in [0.1, 0.15) is 61.4 Å². The van der Waals surface area contributed by atoms with E-state index in [4.69, 9.17) is 9.72 Å². The summed E-state index contributed by atoms with van der Waals surface area (Å²) in [7, 11) is 0. The van der Waals surface area contributed by atoms with Crippen LogP contribution in [-0.2, 0) is 4.74 Å². The number of para-hydroxylation sites is 1. The normalized spacial score (nSPS) is 17.5. The maximum atomic E-state index is 13.7. The zero-order chi connectivity index (χ0) is 24.7. The highest BCUT2D eigenvalue weighted by Crippen LogP contribution is 2.49. The molecule has 3 aromatic carbocycles. The molecule has 5 heteroatoms. The number of hydrogen-bond acceptors (Lipinski definition) is 5. The van der Waals surface area contributed by atoms with Gasteiger partial charge in [0.25, 0.3) is 0 Å². The van der Waals surface area contributed by atoms with Crippen LogP contribution >= 0.6 is 23.1 Å². The number of thioether (sulfide) groups is 1. The van der Waals surface area contributed by atoms with Gasteiger partial charge in [-0.1, -0.05) is 124 Å². The number of nitrogens with zero attached hydrogens (tertiary/aromatic N) is 1. The van der Waals surface area contributed by atoms with Gasteiger partial charge in [-0.2, -0.15) is 0 Å². The predicted octanol–water partition coefficient (Wildman–Crippen LogP) is 9.02. The lowest BCUT2D eigenvalue weighted by Crippen LogP contribution is -2.28. The lowest BCUT2D eigenvalue weighted by molar-refractivity contribution is 0.0699. The minimum atomic E-state index is -0.523. The number of aromatic nitrogens is 1. The Morgan fingerprint density at radius 1 is 0.889 bits per heavy atom. The Hall–Kier alpha value is -2.89. The molecule has 3 nitrogen and oxygen atoms in total. The Morgan fingerprint density at radius 2 is 1.58 bits per heavy atom. The monoisotopic (exact) mass is 513 g/mol. The predicted molar refractivity (Wildman–Crippen MR) is 151 cm³/mol. The fourth-order valence-electron chi connectivity index (χ4n) is 4.74. The van der Waals surface area contributed by atoms with Gasteiger partial charge < -0.3 is 4.74 Å². The Labute approximate surface area is 221 Å². The summed E-state index contributed by atoms with van der Waals surface area (Å²) in [6.45, 7) is 2.24. The smallest absolute Gasteiger partial charge is 0.203 e. The van der Waals surface area contributed by atoms with Crippen LogP contribution in [0.15, 0.2) is 94.2 Å². The third kappa shape index (κ3) is 5.58. The SMILES string of the molecule is CCCCCCC[C@H]1C(Sc2nc3ccccc3s2)=C(c2ccccc2)O[C@@H]1C(=O)c1ccccc1. The van der Waals surface area contributed by atoms with Gasteiger partial charge in [0.1, 0.15) is 5.76 Å². The largest absolute Gasteiger partial charge is 0.480 e. The number of ether oxygens (including phenoxy) is 1. The Bertz CT molecular complexity index is 1300. The molecule has 2 heterocycles. The number of Topliss-reactive ketones (excluding diaryl/α,β-unsaturated/α-hetero) is 1. The highest BCUT2D eigenvalue weighted by atomic mass is 32.2. The van der Waals surface area contributed by atoms with Crippen LogP contribution in [0.3, 0.4) is 0 Å². The van der Waals surface area contributed by atoms with E-state index in [2.05, 4.69) is 37.3 Å². The number of benzene rings is 3. The average Bonchev–Trinajstić information content (AvgIpc) is 3.50. The molecule has 0 spiro atoms. The summed E-state index contributed by atoms with van der Waals surface area (Å²) < 4.78 is 8.77. The second-order valence-corrected chi connectivity index (χ2v) is 11.5. The molecule has 0 aliphatic carbocycles. The van der Waals surface area contributed by atoms with Crippen molar-refractivity contribution in [1.82, 2.24) is 4.98 Å². The van der Waals surface area contributed by atoms with E-state index in [1.807, 2.05) is 54.6 Å². The van der Waals surface area contributed by atoms with Crippen molar-refractivity contribution >= 4 is 44.9 Å². The standard InChI is InChI=1S/C31H31NO2S2/c1-2-3-4-5-12-19-24-29(27(33)22-15-8-6-9-16-22)34-28(23-17-10-7-11-18-23)30(24)36-31-32-25-20-13-14-21-26(25)35-31/h6-11,13-18,20-21,24,29H,2-5,12,19H2,1H3/t24-,29+/m1/s1. The third-order valence-corrected chi connectivity index (χ3v) is 8.92. The second-order valence-electron chi connectivity index (χ2n) is 9.19. The molecule has 0 bridgehead atoms. The minimum absolute atomic E-state index is 0.00607. The van der Waals surface area contributed by atoms with Gasteiger partial charge in [-0.15, -0.1) is 11.3 Å². The molecular weight excluding hydrogens is 482 g/mol. The van der Waals surface area contributed by atoms with Crippen molar-refractivity contribution in [3.8, 4) is 0 Å². The van der Waals surface area contributed by atoms with Crippen molar-refractivity contribution < 1.29 is 9.53 Å². The quantitative estimate of drug-likeness (QED) is 0.148. The molecule has 0 unspecified atom stereocenters. The zero-order valence-corrected chi connectivity index (χ0v) is 22.2. The Balaban J connectivity index is 1.51. The number of ketones is 1. The molecule has 5 rings (SSSR count). The van der Waals surface area contributed by atoms with Gasteiger partial charge in [-0.25, -0.2) is 4.98 Å². The van der Waals surface area contributed by atoms with Crippen molar-refractivity contribution in [3.05, 3.63) is 101 Å². The molecule has 36 heavy (non-hydrogen) atoms. The van der Waals surface area contributed by atoms with Gasteiger partial charge in [0.2, 0.25) is 5.78 Å². The van der Waals surface area contributed by atoms with Gasteiger partial charge in [-0.05, 0) is 18.6 Å². The van der Waals surface area contributed by atoms with Crippen molar-refractivity contribution in [2.24, 2.45) is 5.92 Å². The summed E-state index contributed by atoms with van der Waals surface area (Å²) in [4.78, 5) is 19.8. The molecule has 184 valence electrons. The molecule has 0 amide bonds. The highest BCUT2D eigenvalue weighted by Gasteiger charge is 2.42. The summed E-state index contributed by atoms with van der Waals surface area (Å²) in [5.41, 5.74) is 2.73. The Kier molecular flexibility index (Phi) is 8.19. The maximum Gasteiger partial charge on any atom is 0.203 e. The Morgan fingerprint density at radius 3 is 2.33 bits per heavy atom. The van der Waals surface area contributed by atoms with Crippen molar-refractivity contribution in [2.45, 2.75) is 55.9 Å². The maximum absolute atomic E-state index is 13.7. The van der Waals surface area contributed by atoms with Crippen LogP contribution in [0.4, 0.5) is 0 Å². The summed E-state index contributed by atoms with van der Waals surface area (Å²) in [6.07, 6.45) is 6.37. The number of unbranched alkanes of at least 4 members (excludes halogenated alkanes) is 4. The molecule has 1 aliphatic rings. The molecule has 4 aromatic rings. The van der Waals surface area contributed by atoms with Gasteiger partial charge in [0, 0.05) is 21.9 Å². The van der Waals surface area contributed by atoms with Gasteiger partial charge in [0.05, 0.1) is 10.2 Å². The number of hydrogen-bond donors (Lipinski definition) is 0. The second kappa shape index (κ2) is 11.9. The molecule has 0 radical (unpaired) electrons. The van der Waals surface area contributed by atoms with Crippen LogP contribution in [0.5, 0.6) is 0 Å². The fourth-order valence-corrected chi connectivity index (χ4v) is 7.12. The molecule has 1 aromatic heterocycles. The fraction of sp³-hybridized carbons (Fsp3) is 0.290. The zero-order valence-electron chi connectivity index (χ0n) is 20.6. The van der Waals surface area contributed by atoms with E-state index in [-0.39, 0.29) is 11.7 Å². The summed E-state index contributed by atoms with van der Waals surface area (Å²) in [6, 6.07) is 28.0. The number of rotatable bonds is 11. The van der Waals surface area contributed by atoms with E-state index in [1.54, 1.807) is 23.1 Å². The first-order valence-electron chi connectivity index (χ1n) is 12.8. The van der Waals surface area contributed by atoms with Crippen LogP contribution in [0, 0.1) is 5.92 Å². The third-order valence-electron chi connectivity index (χ3n) is 6.61. The molecule has 2 atom stereocenters. The number of fused-ring (bicyclic) bond motifs is 1. The van der Waals surface area contributed by atoms with E-state index in [1.165, 1.54) is 30.4 Å².